The van der Waals surface area contributed by atoms with Crippen LogP contribution in [0, 0.1) is 5.82 Å². The molecule has 0 spiro atoms. The van der Waals surface area contributed by atoms with Gasteiger partial charge in [-0.15, -0.1) is 0 Å². The van der Waals surface area contributed by atoms with Gasteiger partial charge in [-0.25, -0.2) is 9.18 Å². The van der Waals surface area contributed by atoms with Gasteiger partial charge in [0.1, 0.15) is 5.82 Å². The summed E-state index contributed by atoms with van der Waals surface area (Å²) in [6.45, 7) is 1.14. The van der Waals surface area contributed by atoms with Gasteiger partial charge in [0, 0.05) is 20.1 Å². The van der Waals surface area contributed by atoms with Crippen LogP contribution in [0.5, 0.6) is 0 Å². The Morgan fingerprint density at radius 2 is 1.71 bits per heavy atom. The summed E-state index contributed by atoms with van der Waals surface area (Å²) in [4.78, 5) is 38.7. The molecular formula is C16H17FN4O3. The van der Waals surface area contributed by atoms with Gasteiger partial charge in [-0.05, 0) is 43.5 Å². The van der Waals surface area contributed by atoms with Crippen molar-refractivity contribution in [3.8, 4) is 5.69 Å². The standard InChI is InChI=1S/C16H17FN4O3/c1-19-14(22)13(15(23)20-9-3-2-4-10-20)18-21(16(19)24)12-7-5-11(17)6-8-12/h5-8H,2-4,9-10H2,1H3. The number of nitrogens with zero attached hydrogens (tertiary/aromatic N) is 4. The van der Waals surface area contributed by atoms with Crippen molar-refractivity contribution in [1.29, 1.82) is 0 Å². The smallest absolute Gasteiger partial charge is 0.337 e. The quantitative estimate of drug-likeness (QED) is 0.811. The zero-order chi connectivity index (χ0) is 17.3. The van der Waals surface area contributed by atoms with E-state index in [2.05, 4.69) is 5.10 Å². The first-order valence-corrected chi connectivity index (χ1v) is 7.74. The molecule has 1 aliphatic heterocycles. The third-order valence-corrected chi connectivity index (χ3v) is 4.09. The Morgan fingerprint density at radius 3 is 2.33 bits per heavy atom. The first-order chi connectivity index (χ1) is 11.5. The average molecular weight is 332 g/mol. The molecule has 0 aliphatic carbocycles. The molecule has 1 aromatic heterocycles. The molecule has 1 fully saturated rings. The molecule has 2 heterocycles. The van der Waals surface area contributed by atoms with Crippen molar-refractivity contribution in [3.05, 3.63) is 56.6 Å². The van der Waals surface area contributed by atoms with Gasteiger partial charge in [0.2, 0.25) is 5.69 Å². The van der Waals surface area contributed by atoms with Gasteiger partial charge in [-0.1, -0.05) is 0 Å². The lowest BCUT2D eigenvalue weighted by Gasteiger charge is -2.26. The van der Waals surface area contributed by atoms with Crippen molar-refractivity contribution < 1.29 is 9.18 Å². The molecule has 3 rings (SSSR count). The van der Waals surface area contributed by atoms with E-state index in [9.17, 15) is 18.8 Å². The number of hydrogen-bond donors (Lipinski definition) is 0. The normalized spacial score (nSPS) is 14.7. The Labute approximate surface area is 136 Å². The summed E-state index contributed by atoms with van der Waals surface area (Å²) >= 11 is 0. The molecule has 0 bridgehead atoms. The van der Waals surface area contributed by atoms with Gasteiger partial charge in [-0.3, -0.25) is 14.2 Å². The Hall–Kier alpha value is -2.77. The van der Waals surface area contributed by atoms with Crippen LogP contribution < -0.4 is 11.2 Å². The molecule has 2 aromatic rings. The molecule has 24 heavy (non-hydrogen) atoms. The fraction of sp³-hybridized carbons (Fsp3) is 0.375. The van der Waals surface area contributed by atoms with Crippen LogP contribution in [0.4, 0.5) is 4.39 Å². The summed E-state index contributed by atoms with van der Waals surface area (Å²) in [6, 6.07) is 5.09. The zero-order valence-corrected chi connectivity index (χ0v) is 13.2. The molecule has 1 aromatic carbocycles. The van der Waals surface area contributed by atoms with Crippen LogP contribution in [0.3, 0.4) is 0 Å². The lowest BCUT2D eigenvalue weighted by atomic mass is 10.1. The highest BCUT2D eigenvalue weighted by atomic mass is 19.1. The second kappa shape index (κ2) is 6.38. The molecule has 1 saturated heterocycles. The summed E-state index contributed by atoms with van der Waals surface area (Å²) in [5.74, 6) is -0.938. The Morgan fingerprint density at radius 1 is 1.08 bits per heavy atom. The van der Waals surface area contributed by atoms with Gasteiger partial charge in [0.25, 0.3) is 11.5 Å². The zero-order valence-electron chi connectivity index (χ0n) is 13.2. The maximum atomic E-state index is 13.1. The van der Waals surface area contributed by atoms with Gasteiger partial charge in [0.05, 0.1) is 5.69 Å². The number of carbonyl (C=O) groups excluding carboxylic acids is 1. The van der Waals surface area contributed by atoms with E-state index in [1.54, 1.807) is 4.90 Å². The summed E-state index contributed by atoms with van der Waals surface area (Å²) in [5.41, 5.74) is -1.44. The third kappa shape index (κ3) is 2.86. The fourth-order valence-electron chi connectivity index (χ4n) is 2.70. The van der Waals surface area contributed by atoms with Crippen molar-refractivity contribution >= 4 is 5.91 Å². The van der Waals surface area contributed by atoms with Gasteiger partial charge < -0.3 is 4.90 Å². The van der Waals surface area contributed by atoms with E-state index in [1.807, 2.05) is 0 Å². The molecule has 1 aliphatic rings. The van der Waals surface area contributed by atoms with E-state index < -0.39 is 23.0 Å². The number of piperidine rings is 1. The van der Waals surface area contributed by atoms with Crippen molar-refractivity contribution in [3.63, 3.8) is 0 Å². The second-order valence-electron chi connectivity index (χ2n) is 5.74. The topological polar surface area (TPSA) is 77.2 Å². The van der Waals surface area contributed by atoms with Gasteiger partial charge >= 0.3 is 5.69 Å². The highest BCUT2D eigenvalue weighted by molar-refractivity contribution is 5.91. The molecule has 7 nitrogen and oxygen atoms in total. The number of carbonyl (C=O) groups is 1. The maximum absolute atomic E-state index is 13.1. The van der Waals surface area contributed by atoms with Crippen LogP contribution in [0.25, 0.3) is 5.69 Å². The Bertz CT molecular complexity index is 880. The van der Waals surface area contributed by atoms with Crippen LogP contribution in [-0.2, 0) is 7.05 Å². The van der Waals surface area contributed by atoms with E-state index in [0.29, 0.717) is 13.1 Å². The maximum Gasteiger partial charge on any atom is 0.351 e. The number of amides is 1. The Kier molecular flexibility index (Phi) is 4.28. The van der Waals surface area contributed by atoms with Gasteiger partial charge in [0.15, 0.2) is 0 Å². The number of hydrogen-bond acceptors (Lipinski definition) is 4. The number of aromatic nitrogens is 3. The highest BCUT2D eigenvalue weighted by Crippen LogP contribution is 2.11. The van der Waals surface area contributed by atoms with Crippen molar-refractivity contribution in [2.45, 2.75) is 19.3 Å². The minimum Gasteiger partial charge on any atom is -0.337 e. The SMILES string of the molecule is Cn1c(=O)c(C(=O)N2CCCCC2)nn(-c2ccc(F)cc2)c1=O. The number of halogens is 1. The van der Waals surface area contributed by atoms with E-state index in [0.717, 1.165) is 28.5 Å². The monoisotopic (exact) mass is 332 g/mol. The van der Waals surface area contributed by atoms with Crippen LogP contribution in [-0.4, -0.2) is 38.2 Å². The molecule has 0 unspecified atom stereocenters. The fourth-order valence-corrected chi connectivity index (χ4v) is 2.70. The summed E-state index contributed by atoms with van der Waals surface area (Å²) in [6.07, 6.45) is 2.80. The van der Waals surface area contributed by atoms with Crippen LogP contribution in [0.15, 0.2) is 33.9 Å². The molecule has 0 saturated carbocycles. The van der Waals surface area contributed by atoms with Crippen LogP contribution >= 0.6 is 0 Å². The molecule has 126 valence electrons. The first-order valence-electron chi connectivity index (χ1n) is 7.74. The van der Waals surface area contributed by atoms with E-state index >= 15 is 0 Å². The van der Waals surface area contributed by atoms with E-state index in [-0.39, 0.29) is 11.4 Å². The molecule has 0 atom stereocenters. The van der Waals surface area contributed by atoms with Crippen molar-refractivity contribution in [2.24, 2.45) is 7.05 Å². The summed E-state index contributed by atoms with van der Waals surface area (Å²) in [5, 5.41) is 3.96. The Balaban J connectivity index is 2.10. The highest BCUT2D eigenvalue weighted by Gasteiger charge is 2.24. The van der Waals surface area contributed by atoms with E-state index in [1.165, 1.54) is 31.3 Å². The minimum absolute atomic E-state index is 0.282. The average Bonchev–Trinajstić information content (AvgIpc) is 2.61. The van der Waals surface area contributed by atoms with Crippen molar-refractivity contribution in [1.82, 2.24) is 19.2 Å². The largest absolute Gasteiger partial charge is 0.351 e. The number of rotatable bonds is 2. The summed E-state index contributed by atoms with van der Waals surface area (Å²) in [7, 11) is 1.29. The molecular weight excluding hydrogens is 315 g/mol. The van der Waals surface area contributed by atoms with Crippen LogP contribution in [0.1, 0.15) is 29.8 Å². The molecule has 0 radical (unpaired) electrons. The number of benzene rings is 1. The minimum atomic E-state index is -0.728. The third-order valence-electron chi connectivity index (χ3n) is 4.09. The lowest BCUT2D eigenvalue weighted by molar-refractivity contribution is 0.0713. The van der Waals surface area contributed by atoms with Crippen LogP contribution in [0.2, 0.25) is 0 Å². The predicted octanol–water partition coefficient (Wildman–Crippen LogP) is 0.696. The van der Waals surface area contributed by atoms with E-state index in [4.69, 9.17) is 0 Å². The predicted molar refractivity (Wildman–Crippen MR) is 84.8 cm³/mol. The number of likely N-dealkylation sites (tertiary alicyclic amines) is 1. The van der Waals surface area contributed by atoms with Crippen molar-refractivity contribution in [2.75, 3.05) is 13.1 Å². The molecule has 1 amide bonds. The molecule has 0 N–H and O–H groups in total. The molecule has 8 heteroatoms. The second-order valence-corrected chi connectivity index (χ2v) is 5.74. The van der Waals surface area contributed by atoms with Gasteiger partial charge in [-0.2, -0.15) is 9.78 Å². The summed E-state index contributed by atoms with van der Waals surface area (Å²) < 4.78 is 14.9. The first kappa shape index (κ1) is 16.1. The lowest BCUT2D eigenvalue weighted by Crippen LogP contribution is -2.46.